The summed E-state index contributed by atoms with van der Waals surface area (Å²) in [4.78, 5) is 27.9. The Morgan fingerprint density at radius 1 is 1.06 bits per heavy atom. The third-order valence-corrected chi connectivity index (χ3v) is 6.42. The second-order valence-corrected chi connectivity index (χ2v) is 8.45. The first-order valence-electron chi connectivity index (χ1n) is 10.9. The molecule has 0 saturated heterocycles. The average molecular weight is 431 g/mol. The van der Waals surface area contributed by atoms with Gasteiger partial charge in [-0.25, -0.2) is 0 Å². The Hall–Kier alpha value is -3.61. The van der Waals surface area contributed by atoms with Gasteiger partial charge in [-0.1, -0.05) is 42.5 Å². The van der Waals surface area contributed by atoms with Crippen LogP contribution in [0.2, 0.25) is 0 Å². The highest BCUT2D eigenvalue weighted by atomic mass is 16.5. The summed E-state index contributed by atoms with van der Waals surface area (Å²) in [7, 11) is 1.64. The number of nitrogens with one attached hydrogen (secondary N) is 1. The van der Waals surface area contributed by atoms with Gasteiger partial charge in [-0.05, 0) is 42.2 Å². The Morgan fingerprint density at radius 2 is 1.81 bits per heavy atom. The summed E-state index contributed by atoms with van der Waals surface area (Å²) in [6.07, 6.45) is 1.72. The number of benzene rings is 2. The summed E-state index contributed by atoms with van der Waals surface area (Å²) in [5.41, 5.74) is 2.93. The van der Waals surface area contributed by atoms with Gasteiger partial charge in [0.1, 0.15) is 5.75 Å². The molecule has 1 saturated carbocycles. The number of hydrogen-bond acceptors (Lipinski definition) is 4. The van der Waals surface area contributed by atoms with E-state index in [-0.39, 0.29) is 11.8 Å². The van der Waals surface area contributed by atoms with E-state index in [9.17, 15) is 9.59 Å². The molecule has 7 heteroatoms. The molecular weight excluding hydrogens is 404 g/mol. The van der Waals surface area contributed by atoms with Crippen molar-refractivity contribution in [2.75, 3.05) is 13.7 Å². The molecule has 0 spiro atoms. The van der Waals surface area contributed by atoms with Crippen LogP contribution in [0.25, 0.3) is 0 Å². The fourth-order valence-electron chi connectivity index (χ4n) is 4.38. The number of methoxy groups -OCH3 is 1. The van der Waals surface area contributed by atoms with E-state index in [0.717, 1.165) is 35.4 Å². The number of nitrogens with zero attached hydrogens (tertiary/aromatic N) is 3. The van der Waals surface area contributed by atoms with Gasteiger partial charge in [0.2, 0.25) is 5.91 Å². The molecule has 1 aliphatic carbocycles. The van der Waals surface area contributed by atoms with Gasteiger partial charge < -0.3 is 15.0 Å². The van der Waals surface area contributed by atoms with Crippen LogP contribution in [-0.2, 0) is 29.8 Å². The SMILES string of the molecule is COc1ccc(C2(C(=O)N3CCn4nc(C(=O)NCc5ccccc5)cc4C3)CC2)cc1. The average Bonchev–Trinajstić information content (AvgIpc) is 3.54. The molecule has 1 aromatic heterocycles. The first-order valence-corrected chi connectivity index (χ1v) is 10.9. The smallest absolute Gasteiger partial charge is 0.272 e. The molecule has 0 bridgehead atoms. The van der Waals surface area contributed by atoms with Gasteiger partial charge in [0, 0.05) is 13.1 Å². The highest BCUT2D eigenvalue weighted by Crippen LogP contribution is 2.50. The van der Waals surface area contributed by atoms with Crippen molar-refractivity contribution in [1.82, 2.24) is 20.0 Å². The molecule has 7 nitrogen and oxygen atoms in total. The van der Waals surface area contributed by atoms with Gasteiger partial charge in [0.05, 0.1) is 31.3 Å². The van der Waals surface area contributed by atoms with Crippen LogP contribution in [0.15, 0.2) is 60.7 Å². The van der Waals surface area contributed by atoms with E-state index in [1.807, 2.05) is 64.2 Å². The third-order valence-electron chi connectivity index (χ3n) is 6.42. The molecule has 2 aromatic carbocycles. The fraction of sp³-hybridized carbons (Fsp3) is 0.320. The largest absolute Gasteiger partial charge is 0.497 e. The van der Waals surface area contributed by atoms with Gasteiger partial charge in [-0.15, -0.1) is 0 Å². The van der Waals surface area contributed by atoms with Crippen molar-refractivity contribution in [3.63, 3.8) is 0 Å². The van der Waals surface area contributed by atoms with Crippen LogP contribution in [0, 0.1) is 0 Å². The Kier molecular flexibility index (Phi) is 5.17. The molecule has 2 amide bonds. The van der Waals surface area contributed by atoms with Gasteiger partial charge >= 0.3 is 0 Å². The van der Waals surface area contributed by atoms with Crippen molar-refractivity contribution in [2.45, 2.75) is 37.9 Å². The van der Waals surface area contributed by atoms with E-state index in [1.165, 1.54) is 0 Å². The van der Waals surface area contributed by atoms with E-state index in [4.69, 9.17) is 4.74 Å². The van der Waals surface area contributed by atoms with Crippen molar-refractivity contribution in [3.05, 3.63) is 83.2 Å². The van der Waals surface area contributed by atoms with Crippen LogP contribution in [0.3, 0.4) is 0 Å². The van der Waals surface area contributed by atoms with Crippen LogP contribution >= 0.6 is 0 Å². The lowest BCUT2D eigenvalue weighted by Gasteiger charge is -2.31. The predicted molar refractivity (Wildman–Crippen MR) is 119 cm³/mol. The van der Waals surface area contributed by atoms with Crippen molar-refractivity contribution < 1.29 is 14.3 Å². The Bertz CT molecular complexity index is 1130. The van der Waals surface area contributed by atoms with Crippen LogP contribution in [0.5, 0.6) is 5.75 Å². The maximum absolute atomic E-state index is 13.4. The molecule has 0 atom stereocenters. The van der Waals surface area contributed by atoms with Crippen molar-refractivity contribution in [1.29, 1.82) is 0 Å². The number of fused-ring (bicyclic) bond motifs is 1. The highest BCUT2D eigenvalue weighted by molar-refractivity contribution is 5.93. The highest BCUT2D eigenvalue weighted by Gasteiger charge is 2.53. The molecule has 2 heterocycles. The van der Waals surface area contributed by atoms with Gasteiger partial charge in [0.25, 0.3) is 5.91 Å². The van der Waals surface area contributed by atoms with E-state index in [0.29, 0.717) is 31.9 Å². The number of hydrogen-bond donors (Lipinski definition) is 1. The molecule has 1 aliphatic heterocycles. The zero-order valence-corrected chi connectivity index (χ0v) is 18.1. The first-order chi connectivity index (χ1) is 15.6. The quantitative estimate of drug-likeness (QED) is 0.653. The molecule has 1 N–H and O–H groups in total. The van der Waals surface area contributed by atoms with E-state index in [2.05, 4.69) is 10.4 Å². The zero-order chi connectivity index (χ0) is 22.1. The molecule has 1 fully saturated rings. The van der Waals surface area contributed by atoms with Crippen molar-refractivity contribution in [3.8, 4) is 5.75 Å². The Morgan fingerprint density at radius 3 is 2.50 bits per heavy atom. The Balaban J connectivity index is 1.26. The van der Waals surface area contributed by atoms with Crippen molar-refractivity contribution >= 4 is 11.8 Å². The van der Waals surface area contributed by atoms with Crippen LogP contribution in [0.4, 0.5) is 0 Å². The lowest BCUT2D eigenvalue weighted by atomic mass is 9.94. The van der Waals surface area contributed by atoms with Crippen LogP contribution in [-0.4, -0.2) is 40.1 Å². The topological polar surface area (TPSA) is 76.5 Å². The monoisotopic (exact) mass is 430 g/mol. The fourth-order valence-corrected chi connectivity index (χ4v) is 4.38. The Labute approximate surface area is 187 Å². The maximum atomic E-state index is 13.4. The first kappa shape index (κ1) is 20.3. The van der Waals surface area contributed by atoms with Crippen LogP contribution in [0.1, 0.15) is 40.2 Å². The van der Waals surface area contributed by atoms with Gasteiger partial charge in [-0.3, -0.25) is 14.3 Å². The van der Waals surface area contributed by atoms with Crippen molar-refractivity contribution in [2.24, 2.45) is 0 Å². The molecule has 5 rings (SSSR count). The van der Waals surface area contributed by atoms with E-state index >= 15 is 0 Å². The van der Waals surface area contributed by atoms with Crippen LogP contribution < -0.4 is 10.1 Å². The van der Waals surface area contributed by atoms with E-state index in [1.54, 1.807) is 13.2 Å². The summed E-state index contributed by atoms with van der Waals surface area (Å²) in [5, 5.41) is 7.38. The standard InChI is InChI=1S/C25H26N4O3/c1-32-21-9-7-19(8-10-21)25(11-12-25)24(31)28-13-14-29-20(17-28)15-22(27-29)23(30)26-16-18-5-3-2-4-6-18/h2-10,15H,11-14,16-17H2,1H3,(H,26,30). The number of aromatic nitrogens is 2. The number of amides is 2. The lowest BCUT2D eigenvalue weighted by molar-refractivity contribution is -0.135. The molecule has 164 valence electrons. The minimum Gasteiger partial charge on any atom is -0.497 e. The minimum atomic E-state index is -0.426. The third kappa shape index (κ3) is 3.75. The molecule has 32 heavy (non-hydrogen) atoms. The van der Waals surface area contributed by atoms with Gasteiger partial charge in [-0.2, -0.15) is 5.10 Å². The van der Waals surface area contributed by atoms with Gasteiger partial charge in [0.15, 0.2) is 5.69 Å². The number of carbonyl (C=O) groups excluding carboxylic acids is 2. The summed E-state index contributed by atoms with van der Waals surface area (Å²) in [6.45, 7) is 2.11. The zero-order valence-electron chi connectivity index (χ0n) is 18.1. The lowest BCUT2D eigenvalue weighted by Crippen LogP contribution is -2.43. The molecule has 0 unspecified atom stereocenters. The molecule has 0 radical (unpaired) electrons. The second-order valence-electron chi connectivity index (χ2n) is 8.45. The molecule has 3 aromatic rings. The maximum Gasteiger partial charge on any atom is 0.272 e. The normalized spacial score (nSPS) is 16.2. The minimum absolute atomic E-state index is 0.158. The number of ether oxygens (including phenoxy) is 1. The summed E-state index contributed by atoms with van der Waals surface area (Å²) in [5.74, 6) is 0.743. The summed E-state index contributed by atoms with van der Waals surface area (Å²) < 4.78 is 7.09. The predicted octanol–water partition coefficient (Wildman–Crippen LogP) is 2.90. The summed E-state index contributed by atoms with van der Waals surface area (Å²) >= 11 is 0. The summed E-state index contributed by atoms with van der Waals surface area (Å²) in [6, 6.07) is 19.4. The van der Waals surface area contributed by atoms with E-state index < -0.39 is 5.41 Å². The molecular formula is C25H26N4O3. The number of rotatable bonds is 6. The molecule has 2 aliphatic rings. The number of carbonyl (C=O) groups is 2. The second kappa shape index (κ2) is 8.15.